The molecule has 11 rings (SSSR count). The highest BCUT2D eigenvalue weighted by atomic mass is 32.1. The van der Waals surface area contributed by atoms with E-state index >= 15 is 0 Å². The molecule has 6 heterocycles. The lowest BCUT2D eigenvalue weighted by atomic mass is 9.33. The Kier molecular flexibility index (Phi) is 8.03. The number of ether oxygens (including phenoxy) is 4. The van der Waals surface area contributed by atoms with Gasteiger partial charge in [-0.1, -0.05) is 65.8 Å². The summed E-state index contributed by atoms with van der Waals surface area (Å²) in [6.45, 7) is 18.7. The normalized spacial score (nSPS) is 15.9. The summed E-state index contributed by atoms with van der Waals surface area (Å²) in [4.78, 5) is 5.03. The third-order valence-electron chi connectivity index (χ3n) is 12.2. The standard InChI is InChI=1S/C49H47BN2O4S2/c1-28-22-35-45-36(23-28)52(32-13-15-38-40(27-32)56-21-9-19-54-38)47-44(34-25-30(49(5,6)7)11-17-42(34)58-47)50(45)43-33-24-29(48(2,3)4)10-16-41(33)57-46(43)51(35)31-12-14-37-39(26-31)55-20-8-18-53-37/h10-17,22-27H,8-9,18-21H2,1-7H3. The molecule has 0 fully saturated rings. The number of anilines is 6. The SMILES string of the molecule is Cc1cc2c3c(c1)N(c1ccc4c(c1)OCCCO4)c1sc4ccc(C(C)(C)C)cc4c1B3c1c(sc3ccc(C(C)(C)C)cc13)N2c1ccc2c(c1)OCCCO2. The van der Waals surface area contributed by atoms with Gasteiger partial charge in [0.2, 0.25) is 0 Å². The molecule has 4 aliphatic rings. The van der Waals surface area contributed by atoms with Crippen molar-refractivity contribution < 1.29 is 18.9 Å². The van der Waals surface area contributed by atoms with Crippen LogP contribution in [-0.4, -0.2) is 33.1 Å². The number of nitrogens with zero attached hydrogens (tertiary/aromatic N) is 2. The van der Waals surface area contributed by atoms with Crippen LogP contribution in [0.4, 0.5) is 32.8 Å². The van der Waals surface area contributed by atoms with Gasteiger partial charge in [0.05, 0.1) is 47.8 Å². The van der Waals surface area contributed by atoms with Crippen LogP contribution in [0.1, 0.15) is 71.1 Å². The monoisotopic (exact) mass is 802 g/mol. The average Bonchev–Trinajstić information content (AvgIpc) is 3.53. The first-order chi connectivity index (χ1) is 27.9. The molecule has 7 aromatic rings. The summed E-state index contributed by atoms with van der Waals surface area (Å²) >= 11 is 3.80. The topological polar surface area (TPSA) is 43.4 Å². The Morgan fingerprint density at radius 3 is 1.36 bits per heavy atom. The van der Waals surface area contributed by atoms with E-state index in [4.69, 9.17) is 18.9 Å². The quantitative estimate of drug-likeness (QED) is 0.162. The van der Waals surface area contributed by atoms with Crippen molar-refractivity contribution in [3.05, 3.63) is 102 Å². The first-order valence-electron chi connectivity index (χ1n) is 20.6. The summed E-state index contributed by atoms with van der Waals surface area (Å²) in [5.41, 5.74) is 12.4. The van der Waals surface area contributed by atoms with E-state index in [2.05, 4.69) is 143 Å². The van der Waals surface area contributed by atoms with E-state index in [0.717, 1.165) is 47.2 Å². The third kappa shape index (κ3) is 5.56. The van der Waals surface area contributed by atoms with Crippen molar-refractivity contribution in [1.29, 1.82) is 0 Å². The Labute approximate surface area is 349 Å². The largest absolute Gasteiger partial charge is 0.490 e. The van der Waals surface area contributed by atoms with E-state index in [1.165, 1.54) is 74.6 Å². The molecule has 0 radical (unpaired) electrons. The number of hydrogen-bond acceptors (Lipinski definition) is 8. The molecule has 2 aromatic heterocycles. The molecule has 0 aliphatic carbocycles. The first kappa shape index (κ1) is 36.0. The van der Waals surface area contributed by atoms with Crippen molar-refractivity contribution >= 4 is 98.7 Å². The van der Waals surface area contributed by atoms with E-state index in [0.29, 0.717) is 26.4 Å². The van der Waals surface area contributed by atoms with Crippen molar-refractivity contribution in [3.8, 4) is 23.0 Å². The van der Waals surface area contributed by atoms with Crippen molar-refractivity contribution in [1.82, 2.24) is 0 Å². The second-order valence-electron chi connectivity index (χ2n) is 18.2. The van der Waals surface area contributed by atoms with Crippen LogP contribution in [-0.2, 0) is 10.8 Å². The maximum Gasteiger partial charge on any atom is 0.256 e. The molecular formula is C49H47BN2O4S2. The number of fused-ring (bicyclic) bond motifs is 10. The third-order valence-corrected chi connectivity index (χ3v) is 14.5. The lowest BCUT2D eigenvalue weighted by Crippen LogP contribution is -2.60. The van der Waals surface area contributed by atoms with E-state index < -0.39 is 0 Å². The van der Waals surface area contributed by atoms with Crippen LogP contribution in [0.5, 0.6) is 23.0 Å². The van der Waals surface area contributed by atoms with Gasteiger partial charge in [0.1, 0.15) is 0 Å². The lowest BCUT2D eigenvalue weighted by molar-refractivity contribution is 0.296. The Morgan fingerprint density at radius 2 is 0.931 bits per heavy atom. The van der Waals surface area contributed by atoms with Crippen LogP contribution in [0.25, 0.3) is 20.2 Å². The molecule has 0 N–H and O–H groups in total. The lowest BCUT2D eigenvalue weighted by Gasteiger charge is -2.42. The second kappa shape index (κ2) is 12.9. The summed E-state index contributed by atoms with van der Waals surface area (Å²) < 4.78 is 27.6. The number of hydrogen-bond donors (Lipinski definition) is 0. The zero-order valence-corrected chi connectivity index (χ0v) is 35.9. The minimum absolute atomic E-state index is 0.00291. The summed E-state index contributed by atoms with van der Waals surface area (Å²) in [5.74, 6) is 3.20. The molecule has 0 amide bonds. The van der Waals surface area contributed by atoms with Gasteiger partial charge in [-0.15, -0.1) is 22.7 Å². The predicted molar refractivity (Wildman–Crippen MR) is 245 cm³/mol. The van der Waals surface area contributed by atoms with Crippen molar-refractivity contribution in [3.63, 3.8) is 0 Å². The van der Waals surface area contributed by atoms with Gasteiger partial charge in [-0.05, 0) is 110 Å². The van der Waals surface area contributed by atoms with Crippen LogP contribution >= 0.6 is 22.7 Å². The Bertz CT molecular complexity index is 2640. The maximum absolute atomic E-state index is 6.34. The fraction of sp³-hybridized carbons (Fsp3) is 0.306. The second-order valence-corrected chi connectivity index (χ2v) is 20.3. The number of thiophene rings is 2. The molecule has 0 saturated heterocycles. The van der Waals surface area contributed by atoms with Crippen molar-refractivity contribution in [2.75, 3.05) is 36.2 Å². The van der Waals surface area contributed by atoms with Gasteiger partial charge >= 0.3 is 0 Å². The average molecular weight is 803 g/mol. The molecule has 58 heavy (non-hydrogen) atoms. The summed E-state index contributed by atoms with van der Waals surface area (Å²) in [7, 11) is 0. The minimum atomic E-state index is -0.00574. The highest BCUT2D eigenvalue weighted by molar-refractivity contribution is 7.29. The van der Waals surface area contributed by atoms with Gasteiger partial charge in [-0.25, -0.2) is 0 Å². The molecule has 0 bridgehead atoms. The molecule has 5 aromatic carbocycles. The Hall–Kier alpha value is -5.12. The van der Waals surface area contributed by atoms with Gasteiger partial charge in [0.15, 0.2) is 23.0 Å². The number of benzene rings is 5. The highest BCUT2D eigenvalue weighted by Gasteiger charge is 2.47. The van der Waals surface area contributed by atoms with Gasteiger partial charge in [-0.2, -0.15) is 0 Å². The molecule has 9 heteroatoms. The molecular weight excluding hydrogens is 755 g/mol. The van der Waals surface area contributed by atoms with Crippen LogP contribution in [0.15, 0.2) is 84.9 Å². The zero-order chi connectivity index (χ0) is 39.7. The predicted octanol–water partition coefficient (Wildman–Crippen LogP) is 11.4. The van der Waals surface area contributed by atoms with Crippen LogP contribution in [0.3, 0.4) is 0 Å². The summed E-state index contributed by atoms with van der Waals surface area (Å²) in [5, 5.41) is 5.17. The van der Waals surface area contributed by atoms with Crippen molar-refractivity contribution in [2.24, 2.45) is 0 Å². The number of aryl methyl sites for hydroxylation is 1. The summed E-state index contributed by atoms with van der Waals surface area (Å²) in [6.07, 6.45) is 1.72. The molecule has 0 spiro atoms. The first-order valence-corrected chi connectivity index (χ1v) is 22.2. The molecule has 0 saturated carbocycles. The van der Waals surface area contributed by atoms with Gasteiger partial charge in [0, 0.05) is 45.7 Å². The molecule has 4 aliphatic heterocycles. The fourth-order valence-electron chi connectivity index (χ4n) is 9.20. The molecule has 0 unspecified atom stereocenters. The maximum atomic E-state index is 6.34. The molecule has 0 atom stereocenters. The van der Waals surface area contributed by atoms with Crippen LogP contribution in [0.2, 0.25) is 0 Å². The smallest absolute Gasteiger partial charge is 0.256 e. The zero-order valence-electron chi connectivity index (χ0n) is 34.2. The highest BCUT2D eigenvalue weighted by Crippen LogP contribution is 2.52. The Balaban J connectivity index is 1.26. The van der Waals surface area contributed by atoms with Gasteiger partial charge in [-0.3, -0.25) is 0 Å². The summed E-state index contributed by atoms with van der Waals surface area (Å²) in [6, 6.07) is 32.1. The van der Waals surface area contributed by atoms with E-state index in [1.54, 1.807) is 0 Å². The van der Waals surface area contributed by atoms with Gasteiger partial charge < -0.3 is 28.7 Å². The molecule has 6 nitrogen and oxygen atoms in total. The Morgan fingerprint density at radius 1 is 0.500 bits per heavy atom. The van der Waals surface area contributed by atoms with E-state index in [9.17, 15) is 0 Å². The van der Waals surface area contributed by atoms with Crippen LogP contribution in [0, 0.1) is 6.92 Å². The minimum Gasteiger partial charge on any atom is -0.490 e. The van der Waals surface area contributed by atoms with E-state index in [1.807, 2.05) is 22.7 Å². The fourth-order valence-corrected chi connectivity index (χ4v) is 11.7. The van der Waals surface area contributed by atoms with E-state index in [-0.39, 0.29) is 17.5 Å². The van der Waals surface area contributed by atoms with Gasteiger partial charge in [0.25, 0.3) is 6.71 Å². The molecule has 292 valence electrons. The number of rotatable bonds is 2. The van der Waals surface area contributed by atoms with Crippen LogP contribution < -0.4 is 45.1 Å². The van der Waals surface area contributed by atoms with Crippen molar-refractivity contribution in [2.45, 2.75) is 72.1 Å².